The summed E-state index contributed by atoms with van der Waals surface area (Å²) < 4.78 is 1.92. The Bertz CT molecular complexity index is 601. The number of nitrogen functional groups attached to an aromatic ring is 1. The van der Waals surface area contributed by atoms with Crippen molar-refractivity contribution in [2.75, 3.05) is 5.73 Å². The summed E-state index contributed by atoms with van der Waals surface area (Å²) in [6.45, 7) is 0. The number of nitrogens with zero attached hydrogens (tertiary/aromatic N) is 3. The molecular weight excluding hydrogens is 260 g/mol. The Balaban J connectivity index is 1.68. The molecule has 1 saturated carbocycles. The van der Waals surface area contributed by atoms with E-state index in [0.717, 1.165) is 24.5 Å². The van der Waals surface area contributed by atoms with Gasteiger partial charge in [-0.05, 0) is 37.0 Å². The fourth-order valence-electron chi connectivity index (χ4n) is 2.26. The molecule has 19 heavy (non-hydrogen) atoms. The van der Waals surface area contributed by atoms with Gasteiger partial charge in [0.15, 0.2) is 5.82 Å². The molecule has 1 fully saturated rings. The van der Waals surface area contributed by atoms with E-state index in [4.69, 9.17) is 17.3 Å². The Morgan fingerprint density at radius 1 is 1.37 bits per heavy atom. The summed E-state index contributed by atoms with van der Waals surface area (Å²) >= 11 is 5.91. The molecule has 2 N–H and O–H groups in total. The maximum absolute atomic E-state index is 5.91. The van der Waals surface area contributed by atoms with Crippen molar-refractivity contribution in [3.8, 4) is 0 Å². The van der Waals surface area contributed by atoms with E-state index in [9.17, 15) is 0 Å². The predicted molar refractivity (Wildman–Crippen MR) is 76.3 cm³/mol. The average Bonchev–Trinajstić information content (AvgIpc) is 3.15. The van der Waals surface area contributed by atoms with E-state index in [1.807, 2.05) is 29.9 Å². The largest absolute Gasteiger partial charge is 0.398 e. The Morgan fingerprint density at radius 3 is 2.84 bits per heavy atom. The molecule has 1 aromatic carbocycles. The lowest BCUT2D eigenvalue weighted by molar-refractivity contribution is 0.694. The van der Waals surface area contributed by atoms with Gasteiger partial charge in [0.25, 0.3) is 0 Å². The third-order valence-electron chi connectivity index (χ3n) is 3.48. The molecule has 5 heteroatoms. The molecule has 0 saturated heterocycles. The standard InChI is InChI=1S/C14H17ClN4/c1-19-14(10-4-5-10)17-13(18-19)7-3-9-2-6-11(15)12(16)8-9/h2,6,8,10H,3-5,7,16H2,1H3. The fourth-order valence-corrected chi connectivity index (χ4v) is 2.38. The molecule has 0 unspecified atom stereocenters. The van der Waals surface area contributed by atoms with Crippen LogP contribution in [0, 0.1) is 0 Å². The molecule has 0 radical (unpaired) electrons. The van der Waals surface area contributed by atoms with Gasteiger partial charge in [-0.2, -0.15) is 5.10 Å². The minimum absolute atomic E-state index is 0.607. The fraction of sp³-hybridized carbons (Fsp3) is 0.429. The minimum Gasteiger partial charge on any atom is -0.398 e. The summed E-state index contributed by atoms with van der Waals surface area (Å²) in [5.74, 6) is 2.68. The highest BCUT2D eigenvalue weighted by Gasteiger charge is 2.28. The molecule has 0 atom stereocenters. The molecule has 100 valence electrons. The zero-order valence-corrected chi connectivity index (χ0v) is 11.7. The number of halogens is 1. The average molecular weight is 277 g/mol. The molecule has 3 rings (SSSR count). The Hall–Kier alpha value is -1.55. The molecule has 1 aromatic heterocycles. The van der Waals surface area contributed by atoms with Gasteiger partial charge in [0, 0.05) is 19.4 Å². The topological polar surface area (TPSA) is 56.7 Å². The van der Waals surface area contributed by atoms with Crippen LogP contribution in [0.3, 0.4) is 0 Å². The normalized spacial score (nSPS) is 14.8. The van der Waals surface area contributed by atoms with Gasteiger partial charge in [-0.15, -0.1) is 0 Å². The second-order valence-electron chi connectivity index (χ2n) is 5.14. The van der Waals surface area contributed by atoms with E-state index in [1.165, 1.54) is 18.4 Å². The first kappa shape index (κ1) is 12.5. The number of hydrogen-bond acceptors (Lipinski definition) is 3. The lowest BCUT2D eigenvalue weighted by Gasteiger charge is -2.02. The Morgan fingerprint density at radius 2 is 2.16 bits per heavy atom. The van der Waals surface area contributed by atoms with Crippen LogP contribution in [0.4, 0.5) is 5.69 Å². The zero-order chi connectivity index (χ0) is 13.4. The molecule has 2 aromatic rings. The van der Waals surface area contributed by atoms with Gasteiger partial charge in [-0.3, -0.25) is 4.68 Å². The number of anilines is 1. The smallest absolute Gasteiger partial charge is 0.151 e. The van der Waals surface area contributed by atoms with Crippen molar-refractivity contribution >= 4 is 17.3 Å². The van der Waals surface area contributed by atoms with Crippen molar-refractivity contribution in [3.05, 3.63) is 40.4 Å². The molecule has 1 aliphatic carbocycles. The van der Waals surface area contributed by atoms with Gasteiger partial charge < -0.3 is 5.73 Å². The SMILES string of the molecule is Cn1nc(CCc2ccc(Cl)c(N)c2)nc1C1CC1. The summed E-state index contributed by atoms with van der Waals surface area (Å²) in [6.07, 6.45) is 4.22. The number of aromatic nitrogens is 3. The van der Waals surface area contributed by atoms with E-state index in [-0.39, 0.29) is 0 Å². The van der Waals surface area contributed by atoms with Crippen LogP contribution in [0.1, 0.15) is 36.0 Å². The van der Waals surface area contributed by atoms with Gasteiger partial charge in [-0.1, -0.05) is 17.7 Å². The number of rotatable bonds is 4. The molecule has 1 aliphatic rings. The summed E-state index contributed by atoms with van der Waals surface area (Å²) in [5.41, 5.74) is 7.60. The number of hydrogen-bond donors (Lipinski definition) is 1. The molecular formula is C14H17ClN4. The lowest BCUT2D eigenvalue weighted by Crippen LogP contribution is -1.97. The highest BCUT2D eigenvalue weighted by molar-refractivity contribution is 6.33. The quantitative estimate of drug-likeness (QED) is 0.874. The van der Waals surface area contributed by atoms with Gasteiger partial charge >= 0.3 is 0 Å². The molecule has 4 nitrogen and oxygen atoms in total. The van der Waals surface area contributed by atoms with Crippen molar-refractivity contribution < 1.29 is 0 Å². The van der Waals surface area contributed by atoms with Gasteiger partial charge in [0.05, 0.1) is 10.7 Å². The molecule has 0 spiro atoms. The van der Waals surface area contributed by atoms with E-state index < -0.39 is 0 Å². The molecule has 0 bridgehead atoms. The van der Waals surface area contributed by atoms with E-state index in [2.05, 4.69) is 10.1 Å². The van der Waals surface area contributed by atoms with E-state index in [1.54, 1.807) is 0 Å². The monoisotopic (exact) mass is 276 g/mol. The van der Waals surface area contributed by atoms with Crippen molar-refractivity contribution in [1.29, 1.82) is 0 Å². The zero-order valence-electron chi connectivity index (χ0n) is 10.9. The van der Waals surface area contributed by atoms with E-state index >= 15 is 0 Å². The lowest BCUT2D eigenvalue weighted by atomic mass is 10.1. The van der Waals surface area contributed by atoms with Crippen molar-refractivity contribution in [2.45, 2.75) is 31.6 Å². The summed E-state index contributed by atoms with van der Waals surface area (Å²) in [6, 6.07) is 5.77. The Labute approximate surface area is 117 Å². The highest BCUT2D eigenvalue weighted by Crippen LogP contribution is 2.38. The van der Waals surface area contributed by atoms with Gasteiger partial charge in [0.1, 0.15) is 5.82 Å². The number of aryl methyl sites for hydroxylation is 3. The first-order chi connectivity index (χ1) is 9.13. The second kappa shape index (κ2) is 4.85. The van der Waals surface area contributed by atoms with E-state index in [0.29, 0.717) is 16.6 Å². The van der Waals surface area contributed by atoms with Crippen LogP contribution in [0.25, 0.3) is 0 Å². The summed E-state index contributed by atoms with van der Waals surface area (Å²) in [7, 11) is 1.98. The maximum atomic E-state index is 5.91. The number of nitrogens with two attached hydrogens (primary N) is 1. The third kappa shape index (κ3) is 2.73. The highest BCUT2D eigenvalue weighted by atomic mass is 35.5. The number of benzene rings is 1. The third-order valence-corrected chi connectivity index (χ3v) is 3.82. The van der Waals surface area contributed by atoms with Gasteiger partial charge in [-0.25, -0.2) is 4.98 Å². The summed E-state index contributed by atoms with van der Waals surface area (Å²) in [5, 5.41) is 5.08. The van der Waals surface area contributed by atoms with Crippen LogP contribution in [-0.2, 0) is 19.9 Å². The molecule has 1 heterocycles. The van der Waals surface area contributed by atoms with Crippen LogP contribution >= 0.6 is 11.6 Å². The minimum atomic E-state index is 0.607. The Kier molecular flexibility index (Phi) is 3.19. The van der Waals surface area contributed by atoms with Crippen molar-refractivity contribution in [3.63, 3.8) is 0 Å². The predicted octanol–water partition coefficient (Wildman–Crippen LogP) is 2.71. The first-order valence-corrected chi connectivity index (χ1v) is 6.95. The van der Waals surface area contributed by atoms with Crippen LogP contribution in [0.5, 0.6) is 0 Å². The van der Waals surface area contributed by atoms with Crippen LogP contribution < -0.4 is 5.73 Å². The van der Waals surface area contributed by atoms with Crippen molar-refractivity contribution in [2.24, 2.45) is 7.05 Å². The molecule has 0 aliphatic heterocycles. The maximum Gasteiger partial charge on any atom is 0.151 e. The van der Waals surface area contributed by atoms with Crippen LogP contribution in [0.15, 0.2) is 18.2 Å². The second-order valence-corrected chi connectivity index (χ2v) is 5.55. The van der Waals surface area contributed by atoms with Crippen LogP contribution in [0.2, 0.25) is 5.02 Å². The van der Waals surface area contributed by atoms with Crippen molar-refractivity contribution in [1.82, 2.24) is 14.8 Å². The molecule has 0 amide bonds. The van der Waals surface area contributed by atoms with Crippen LogP contribution in [-0.4, -0.2) is 14.8 Å². The first-order valence-electron chi connectivity index (χ1n) is 6.57. The van der Waals surface area contributed by atoms with Gasteiger partial charge in [0.2, 0.25) is 0 Å². The summed E-state index contributed by atoms with van der Waals surface area (Å²) in [4.78, 5) is 4.62.